The van der Waals surface area contributed by atoms with Crippen molar-refractivity contribution in [1.29, 1.82) is 0 Å². The van der Waals surface area contributed by atoms with Gasteiger partial charge in [-0.1, -0.05) is 191 Å². The van der Waals surface area contributed by atoms with Gasteiger partial charge in [0.2, 0.25) is 0 Å². The van der Waals surface area contributed by atoms with Gasteiger partial charge in [-0.25, -0.2) is 0 Å². The quantitative estimate of drug-likeness (QED) is 0.111. The molecule has 0 N–H and O–H groups in total. The molecule has 6 aromatic carbocycles. The first kappa shape index (κ1) is 42.2. The number of anilines is 2. The molecule has 0 unspecified atom stereocenters. The highest BCUT2D eigenvalue weighted by molar-refractivity contribution is 5.86. The lowest BCUT2D eigenvalue weighted by Crippen LogP contribution is -2.15. The van der Waals surface area contributed by atoms with Crippen LogP contribution < -0.4 is 4.90 Å². The number of rotatable bonds is 12. The Kier molecular flexibility index (Phi) is 14.1. The summed E-state index contributed by atoms with van der Waals surface area (Å²) >= 11 is 0. The molecule has 0 heterocycles. The van der Waals surface area contributed by atoms with Gasteiger partial charge in [-0.15, -0.1) is 0 Å². The fourth-order valence-corrected chi connectivity index (χ4v) is 8.48. The van der Waals surface area contributed by atoms with Crippen molar-refractivity contribution < 1.29 is 0 Å². The molecule has 1 nitrogen and oxygen atoms in total. The Morgan fingerprint density at radius 3 is 1.90 bits per heavy atom. The highest BCUT2D eigenvalue weighted by atomic mass is 15.1. The second-order valence-corrected chi connectivity index (χ2v) is 15.3. The molecule has 0 spiro atoms. The minimum Gasteiger partial charge on any atom is -0.311 e. The molecule has 0 aromatic heterocycles. The van der Waals surface area contributed by atoms with Crippen molar-refractivity contribution in [3.8, 4) is 33.4 Å². The van der Waals surface area contributed by atoms with Crippen molar-refractivity contribution >= 4 is 22.5 Å². The summed E-state index contributed by atoms with van der Waals surface area (Å²) < 4.78 is 0. The van der Waals surface area contributed by atoms with Crippen LogP contribution in [0.5, 0.6) is 0 Å². The van der Waals surface area contributed by atoms with Gasteiger partial charge in [-0.3, -0.25) is 0 Å². The van der Waals surface area contributed by atoms with Gasteiger partial charge in [0.1, 0.15) is 0 Å². The standard InChI is InChI=1S/C58H51N.C2H6/c1-5-18-49(24-15-20-44(6-2)32-31-42(3)45-21-10-8-11-22-45)59(50-37-33-46(34-38-50)53-28-16-27-52-43(4)19-9-7-12-26-56(52)53)51-39-35-47(36-40-51)54-29-17-30-57-55-25-14-13-23-48(55)41-58(54)57;1-2/h5-6,8-11,13-19,21-25,27-40H,1-2,4,7,12,20,26,41H2,3H3;1-2H3/b19-9-,24-15-,42-31+,44-32+,49-18+;. The summed E-state index contributed by atoms with van der Waals surface area (Å²) in [6, 6.07) is 50.7. The molecule has 0 aliphatic heterocycles. The highest BCUT2D eigenvalue weighted by Gasteiger charge is 2.22. The van der Waals surface area contributed by atoms with Crippen molar-refractivity contribution in [3.05, 3.63) is 253 Å². The van der Waals surface area contributed by atoms with E-state index in [4.69, 9.17) is 0 Å². The smallest absolute Gasteiger partial charge is 0.0462 e. The topological polar surface area (TPSA) is 3.24 Å². The number of allylic oxidation sites excluding steroid dienone is 12. The van der Waals surface area contributed by atoms with Crippen LogP contribution in [-0.4, -0.2) is 0 Å². The zero-order valence-corrected chi connectivity index (χ0v) is 36.1. The summed E-state index contributed by atoms with van der Waals surface area (Å²) in [6.07, 6.45) is 24.0. The van der Waals surface area contributed by atoms with Crippen molar-refractivity contribution in [2.45, 2.75) is 52.9 Å². The molecule has 2 aliphatic carbocycles. The van der Waals surface area contributed by atoms with E-state index in [1.165, 1.54) is 66.8 Å². The maximum absolute atomic E-state index is 4.40. The van der Waals surface area contributed by atoms with Crippen molar-refractivity contribution in [2.24, 2.45) is 0 Å². The van der Waals surface area contributed by atoms with Crippen molar-refractivity contribution in [3.63, 3.8) is 0 Å². The summed E-state index contributed by atoms with van der Waals surface area (Å²) in [5, 5.41) is 0. The van der Waals surface area contributed by atoms with Crippen molar-refractivity contribution in [2.75, 3.05) is 4.90 Å². The van der Waals surface area contributed by atoms with E-state index in [1.807, 2.05) is 32.1 Å². The lowest BCUT2D eigenvalue weighted by Gasteiger charge is -2.27. The molecule has 8 rings (SSSR count). The second kappa shape index (κ2) is 20.3. The third-order valence-electron chi connectivity index (χ3n) is 11.6. The van der Waals surface area contributed by atoms with E-state index >= 15 is 0 Å². The van der Waals surface area contributed by atoms with Crippen LogP contribution in [0.25, 0.3) is 44.5 Å². The first-order valence-corrected chi connectivity index (χ1v) is 21.8. The highest BCUT2D eigenvalue weighted by Crippen LogP contribution is 2.42. The van der Waals surface area contributed by atoms with Gasteiger partial charge in [0.25, 0.3) is 0 Å². The molecule has 0 radical (unpaired) electrons. The van der Waals surface area contributed by atoms with Gasteiger partial charge in [0.05, 0.1) is 0 Å². The normalized spacial score (nSPS) is 14.1. The van der Waals surface area contributed by atoms with E-state index in [1.54, 1.807) is 0 Å². The Bertz CT molecular complexity index is 2660. The molecule has 0 saturated carbocycles. The van der Waals surface area contributed by atoms with Crippen LogP contribution in [0.1, 0.15) is 67.9 Å². The zero-order valence-electron chi connectivity index (χ0n) is 36.1. The van der Waals surface area contributed by atoms with Gasteiger partial charge in [0, 0.05) is 17.1 Å². The number of nitrogens with zero attached hydrogens (tertiary/aromatic N) is 1. The minimum atomic E-state index is 0.739. The SMILES string of the molecule is C=C/C=C(\C=C/C/C(C=C)=C/C=C(\C)c1ccccc1)N(c1ccc(-c2cccc3c2CCC/C=C\C3=C)cc1)c1ccc(-c2cccc3c2Cc2ccccc2-3)cc1.CC. The molecule has 0 amide bonds. The summed E-state index contributed by atoms with van der Waals surface area (Å²) in [5.74, 6) is 0. The Hall–Kier alpha value is -6.96. The van der Waals surface area contributed by atoms with Crippen LogP contribution in [0.15, 0.2) is 225 Å². The van der Waals surface area contributed by atoms with Crippen LogP contribution in [0.4, 0.5) is 11.4 Å². The van der Waals surface area contributed by atoms with E-state index in [-0.39, 0.29) is 0 Å². The molecule has 0 atom stereocenters. The molecule has 1 heteroatoms. The number of hydrogen-bond donors (Lipinski definition) is 0. The van der Waals surface area contributed by atoms with E-state index in [0.29, 0.717) is 0 Å². The third-order valence-corrected chi connectivity index (χ3v) is 11.6. The third kappa shape index (κ3) is 9.59. The number of hydrogen-bond acceptors (Lipinski definition) is 1. The molecule has 0 bridgehead atoms. The van der Waals surface area contributed by atoms with Gasteiger partial charge in [0.15, 0.2) is 0 Å². The maximum atomic E-state index is 4.40. The molecule has 2 aliphatic rings. The summed E-state index contributed by atoms with van der Waals surface area (Å²) in [6.45, 7) is 18.8. The molecular formula is C60H57N. The molecule has 302 valence electrons. The van der Waals surface area contributed by atoms with Gasteiger partial charge in [-0.2, -0.15) is 0 Å². The first-order chi connectivity index (χ1) is 30.0. The fourth-order valence-electron chi connectivity index (χ4n) is 8.48. The van der Waals surface area contributed by atoms with Crippen LogP contribution in [0.2, 0.25) is 0 Å². The van der Waals surface area contributed by atoms with Crippen LogP contribution in [0, 0.1) is 0 Å². The van der Waals surface area contributed by atoms with Gasteiger partial charge < -0.3 is 4.90 Å². The monoisotopic (exact) mass is 791 g/mol. The maximum Gasteiger partial charge on any atom is 0.0462 e. The zero-order chi connectivity index (χ0) is 42.6. The molecule has 6 aromatic rings. The van der Waals surface area contributed by atoms with E-state index in [9.17, 15) is 0 Å². The predicted octanol–water partition coefficient (Wildman–Crippen LogP) is 16.9. The first-order valence-electron chi connectivity index (χ1n) is 21.8. The number of benzene rings is 6. The molecule has 61 heavy (non-hydrogen) atoms. The molecule has 0 fully saturated rings. The van der Waals surface area contributed by atoms with E-state index in [0.717, 1.165) is 60.3 Å². The Morgan fingerprint density at radius 2 is 1.23 bits per heavy atom. The number of fused-ring (bicyclic) bond motifs is 4. The van der Waals surface area contributed by atoms with E-state index < -0.39 is 0 Å². The Labute approximate surface area is 365 Å². The van der Waals surface area contributed by atoms with Gasteiger partial charge in [-0.05, 0) is 153 Å². The second-order valence-electron chi connectivity index (χ2n) is 15.3. The lowest BCUT2D eigenvalue weighted by atomic mass is 9.87. The summed E-state index contributed by atoms with van der Waals surface area (Å²) in [7, 11) is 0. The largest absolute Gasteiger partial charge is 0.311 e. The lowest BCUT2D eigenvalue weighted by molar-refractivity contribution is 0.839. The average molecular weight is 792 g/mol. The molecule has 0 saturated heterocycles. The average Bonchev–Trinajstić information content (AvgIpc) is 3.70. The van der Waals surface area contributed by atoms with Crippen LogP contribution in [0.3, 0.4) is 0 Å². The van der Waals surface area contributed by atoms with E-state index in [2.05, 4.69) is 208 Å². The summed E-state index contributed by atoms with van der Waals surface area (Å²) in [4.78, 5) is 2.33. The summed E-state index contributed by atoms with van der Waals surface area (Å²) in [5.41, 5.74) is 20.9. The molecular weight excluding hydrogens is 735 g/mol. The van der Waals surface area contributed by atoms with Crippen molar-refractivity contribution in [1.82, 2.24) is 0 Å². The van der Waals surface area contributed by atoms with Crippen LogP contribution >= 0.6 is 0 Å². The fraction of sp³-hybridized carbons (Fsp3) is 0.133. The Balaban J connectivity index is 0.00000277. The van der Waals surface area contributed by atoms with Crippen LogP contribution in [-0.2, 0) is 12.8 Å². The van der Waals surface area contributed by atoms with Gasteiger partial charge >= 0.3 is 0 Å². The minimum absolute atomic E-state index is 0.739. The Morgan fingerprint density at radius 1 is 0.623 bits per heavy atom. The predicted molar refractivity (Wildman–Crippen MR) is 267 cm³/mol.